The molecule has 4 aromatic heterocycles. The van der Waals surface area contributed by atoms with Gasteiger partial charge in [0.1, 0.15) is 17.2 Å². The number of fused-ring (bicyclic) bond motifs is 2. The van der Waals surface area contributed by atoms with Crippen LogP contribution in [0.4, 0.5) is 14.5 Å². The third-order valence-corrected chi connectivity index (χ3v) is 6.47. The summed E-state index contributed by atoms with van der Waals surface area (Å²) >= 11 is 0. The molecule has 0 radical (unpaired) electrons. The zero-order chi connectivity index (χ0) is 24.7. The van der Waals surface area contributed by atoms with Gasteiger partial charge in [-0.25, -0.2) is 8.78 Å². The quantitative estimate of drug-likeness (QED) is 0.346. The molecule has 0 aliphatic carbocycles. The van der Waals surface area contributed by atoms with Crippen LogP contribution in [0.25, 0.3) is 27.9 Å². The van der Waals surface area contributed by atoms with Gasteiger partial charge in [-0.1, -0.05) is 0 Å². The number of anilines is 1. The molecule has 1 aromatic carbocycles. The number of benzene rings is 1. The first-order chi connectivity index (χ1) is 17.5. The number of pyridine rings is 2. The third kappa shape index (κ3) is 4.12. The van der Waals surface area contributed by atoms with Crippen LogP contribution in [0.3, 0.4) is 0 Å². The molecule has 3 N–H and O–H groups in total. The highest BCUT2D eigenvalue weighted by molar-refractivity contribution is 5.87. The zero-order valence-corrected chi connectivity index (χ0v) is 19.1. The molecule has 0 bridgehead atoms. The van der Waals surface area contributed by atoms with E-state index in [0.717, 1.165) is 30.4 Å². The summed E-state index contributed by atoms with van der Waals surface area (Å²) in [7, 11) is 0. The van der Waals surface area contributed by atoms with E-state index in [1.807, 2.05) is 12.1 Å². The molecule has 1 fully saturated rings. The van der Waals surface area contributed by atoms with Gasteiger partial charge in [0.25, 0.3) is 0 Å². The predicted molar refractivity (Wildman–Crippen MR) is 129 cm³/mol. The number of piperidine rings is 1. The molecule has 9 nitrogen and oxygen atoms in total. The lowest BCUT2D eigenvalue weighted by Crippen LogP contribution is -2.39. The average molecular weight is 489 g/mol. The fourth-order valence-corrected chi connectivity index (χ4v) is 4.53. The molecule has 5 aromatic rings. The van der Waals surface area contributed by atoms with Crippen molar-refractivity contribution in [3.63, 3.8) is 0 Å². The van der Waals surface area contributed by atoms with Crippen molar-refractivity contribution in [1.82, 2.24) is 35.1 Å². The van der Waals surface area contributed by atoms with Crippen molar-refractivity contribution in [2.45, 2.75) is 25.0 Å². The SMILES string of the molecule is OC1(c2cnc3c(NCc4nnc5ccc(-c6cc(F)cc(F)c6)nn45)ccnc3c2)CCNCC1. The van der Waals surface area contributed by atoms with E-state index >= 15 is 0 Å². The van der Waals surface area contributed by atoms with Crippen LogP contribution >= 0.6 is 0 Å². The molecule has 0 amide bonds. The fraction of sp³-hybridized carbons (Fsp3) is 0.240. The number of nitrogens with one attached hydrogen (secondary N) is 2. The van der Waals surface area contributed by atoms with Gasteiger partial charge in [0.2, 0.25) is 0 Å². The Morgan fingerprint density at radius 2 is 1.81 bits per heavy atom. The Balaban J connectivity index is 1.28. The Kier molecular flexibility index (Phi) is 5.50. The van der Waals surface area contributed by atoms with Crippen LogP contribution in [-0.4, -0.2) is 48.0 Å². The van der Waals surface area contributed by atoms with E-state index in [1.165, 1.54) is 16.6 Å². The lowest BCUT2D eigenvalue weighted by molar-refractivity contribution is 0.00576. The second-order valence-corrected chi connectivity index (χ2v) is 8.85. The highest BCUT2D eigenvalue weighted by atomic mass is 19.1. The predicted octanol–water partition coefficient (Wildman–Crippen LogP) is 3.20. The van der Waals surface area contributed by atoms with Crippen LogP contribution < -0.4 is 10.6 Å². The van der Waals surface area contributed by atoms with E-state index in [-0.39, 0.29) is 6.54 Å². The molecule has 0 saturated carbocycles. The first-order valence-electron chi connectivity index (χ1n) is 11.6. The molecule has 6 rings (SSSR count). The maximum Gasteiger partial charge on any atom is 0.178 e. The van der Waals surface area contributed by atoms with E-state index in [1.54, 1.807) is 24.5 Å². The molecule has 1 aliphatic rings. The number of hydrogen-bond acceptors (Lipinski definition) is 8. The summed E-state index contributed by atoms with van der Waals surface area (Å²) in [6.07, 6.45) is 4.63. The van der Waals surface area contributed by atoms with Crippen LogP contribution in [0.2, 0.25) is 0 Å². The molecule has 0 unspecified atom stereocenters. The number of hydrogen-bond donors (Lipinski definition) is 3. The van der Waals surface area contributed by atoms with Crippen LogP contribution in [0, 0.1) is 11.6 Å². The second kappa shape index (κ2) is 8.85. The first kappa shape index (κ1) is 22.4. The van der Waals surface area contributed by atoms with Gasteiger partial charge in [-0.05, 0) is 62.3 Å². The summed E-state index contributed by atoms with van der Waals surface area (Å²) in [5, 5.41) is 30.4. The van der Waals surface area contributed by atoms with E-state index in [0.29, 0.717) is 46.6 Å². The summed E-state index contributed by atoms with van der Waals surface area (Å²) in [6.45, 7) is 1.77. The minimum absolute atomic E-state index is 0.271. The van der Waals surface area contributed by atoms with Crippen molar-refractivity contribution in [2.75, 3.05) is 18.4 Å². The van der Waals surface area contributed by atoms with Crippen LogP contribution in [0.5, 0.6) is 0 Å². The van der Waals surface area contributed by atoms with Crippen molar-refractivity contribution >= 4 is 22.4 Å². The molecule has 0 spiro atoms. The smallest absolute Gasteiger partial charge is 0.178 e. The Morgan fingerprint density at radius 1 is 1.00 bits per heavy atom. The summed E-state index contributed by atoms with van der Waals surface area (Å²) in [5.74, 6) is -0.843. The van der Waals surface area contributed by atoms with Crippen molar-refractivity contribution in [1.29, 1.82) is 0 Å². The van der Waals surface area contributed by atoms with Gasteiger partial charge >= 0.3 is 0 Å². The first-order valence-corrected chi connectivity index (χ1v) is 11.6. The summed E-state index contributed by atoms with van der Waals surface area (Å²) in [6, 6.07) is 10.3. The van der Waals surface area contributed by atoms with Gasteiger partial charge in [-0.3, -0.25) is 9.97 Å². The Bertz CT molecular complexity index is 1560. The molecule has 182 valence electrons. The van der Waals surface area contributed by atoms with Crippen LogP contribution in [0.15, 0.2) is 54.9 Å². The topological polar surface area (TPSA) is 113 Å². The molecule has 1 saturated heterocycles. The zero-order valence-electron chi connectivity index (χ0n) is 19.1. The molecular formula is C25H22F2N8O. The number of nitrogens with zero attached hydrogens (tertiary/aromatic N) is 6. The highest BCUT2D eigenvalue weighted by Crippen LogP contribution is 2.32. The molecule has 5 heterocycles. The number of halogens is 2. The van der Waals surface area contributed by atoms with Gasteiger partial charge < -0.3 is 15.7 Å². The largest absolute Gasteiger partial charge is 0.385 e. The molecule has 11 heteroatoms. The van der Waals surface area contributed by atoms with Crippen LogP contribution in [0.1, 0.15) is 24.2 Å². The third-order valence-electron chi connectivity index (χ3n) is 6.47. The number of aromatic nitrogens is 6. The minimum atomic E-state index is -0.911. The summed E-state index contributed by atoms with van der Waals surface area (Å²) in [4.78, 5) is 9.05. The number of rotatable bonds is 5. The van der Waals surface area contributed by atoms with E-state index < -0.39 is 17.2 Å². The summed E-state index contributed by atoms with van der Waals surface area (Å²) < 4.78 is 28.9. The standard InChI is InChI=1S/C25H22F2N8O/c26-17-9-15(10-18(27)12-17)19-1-2-22-32-33-23(35(22)34-19)14-30-20-3-6-29-21-11-16(13-31-24(20)21)25(36)4-7-28-8-5-25/h1-3,6,9-13,28,36H,4-5,7-8,14H2,(H,29,30). The van der Waals surface area contributed by atoms with Gasteiger partial charge in [0, 0.05) is 29.6 Å². The van der Waals surface area contributed by atoms with Crippen molar-refractivity contribution in [3.8, 4) is 11.3 Å². The van der Waals surface area contributed by atoms with Crippen molar-refractivity contribution in [3.05, 3.63) is 77.9 Å². The minimum Gasteiger partial charge on any atom is -0.385 e. The maximum atomic E-state index is 13.7. The average Bonchev–Trinajstić information content (AvgIpc) is 3.29. The second-order valence-electron chi connectivity index (χ2n) is 8.85. The molecular weight excluding hydrogens is 466 g/mol. The van der Waals surface area contributed by atoms with E-state index in [2.05, 4.69) is 35.9 Å². The Hall–Kier alpha value is -4.09. The van der Waals surface area contributed by atoms with Gasteiger partial charge in [-0.2, -0.15) is 9.61 Å². The Morgan fingerprint density at radius 3 is 2.61 bits per heavy atom. The summed E-state index contributed by atoms with van der Waals surface area (Å²) in [5.41, 5.74) is 3.13. The maximum absolute atomic E-state index is 13.7. The Labute approximate surface area is 204 Å². The highest BCUT2D eigenvalue weighted by Gasteiger charge is 2.31. The lowest BCUT2D eigenvalue weighted by atomic mass is 9.86. The normalized spacial score (nSPS) is 15.4. The van der Waals surface area contributed by atoms with Crippen molar-refractivity contribution < 1.29 is 13.9 Å². The lowest BCUT2D eigenvalue weighted by Gasteiger charge is -2.32. The fourth-order valence-electron chi connectivity index (χ4n) is 4.53. The van der Waals surface area contributed by atoms with Gasteiger partial charge in [0.15, 0.2) is 11.5 Å². The van der Waals surface area contributed by atoms with E-state index in [9.17, 15) is 13.9 Å². The molecule has 36 heavy (non-hydrogen) atoms. The van der Waals surface area contributed by atoms with Gasteiger partial charge in [-0.15, -0.1) is 10.2 Å². The van der Waals surface area contributed by atoms with Gasteiger partial charge in [0.05, 0.1) is 29.0 Å². The van der Waals surface area contributed by atoms with E-state index in [4.69, 9.17) is 0 Å². The molecule has 1 aliphatic heterocycles. The number of aliphatic hydroxyl groups is 1. The van der Waals surface area contributed by atoms with Crippen LogP contribution in [-0.2, 0) is 12.1 Å². The van der Waals surface area contributed by atoms with Crippen molar-refractivity contribution in [2.24, 2.45) is 0 Å². The monoisotopic (exact) mass is 488 g/mol. The molecule has 0 atom stereocenters.